The third kappa shape index (κ3) is 7.38. The van der Waals surface area contributed by atoms with Crippen LogP contribution in [0.4, 0.5) is 11.4 Å². The van der Waals surface area contributed by atoms with Crippen LogP contribution in [0, 0.1) is 58.5 Å². The maximum atomic E-state index is 10.5. The minimum Gasteiger partial charge on any atom is -0.309 e. The van der Waals surface area contributed by atoms with Crippen molar-refractivity contribution in [1.82, 2.24) is 24.1 Å². The van der Waals surface area contributed by atoms with Gasteiger partial charge in [-0.3, -0.25) is 0 Å². The molecule has 0 atom stereocenters. The second-order valence-electron chi connectivity index (χ2n) is 17.5. The number of rotatable bonds is 7. The van der Waals surface area contributed by atoms with Crippen molar-refractivity contribution >= 4 is 55.0 Å². The Morgan fingerprint density at radius 2 is 0.811 bits per heavy atom. The third-order valence-corrected chi connectivity index (χ3v) is 13.2. The van der Waals surface area contributed by atoms with Crippen molar-refractivity contribution in [2.45, 2.75) is 0 Å². The standard InChI is InChI=1S/C63H31N11/c1-68-47-19-23-58(74-56-15-9-7-13-50(56)52-21-18-44(32-60(52)74)46-27-41(37-67)28-48(30-46)69-2)54(33-47)63-71-61(42-10-4-3-5-11-42)70-62(72-63)53-29-38(34-64)16-22-57(53)73-55-14-8-6-12-49(55)51-20-17-43(31-59(51)73)45-25-39(35-65)24-40(26-45)36-66/h3-33H. The van der Waals surface area contributed by atoms with Crippen LogP contribution in [0.25, 0.3) is 121 Å². The van der Waals surface area contributed by atoms with E-state index >= 15 is 0 Å². The van der Waals surface area contributed by atoms with Gasteiger partial charge in [0.05, 0.1) is 87.6 Å². The highest BCUT2D eigenvalue weighted by molar-refractivity contribution is 6.12. The molecule has 3 heterocycles. The molecule has 0 bridgehead atoms. The lowest BCUT2D eigenvalue weighted by molar-refractivity contribution is 1.06. The van der Waals surface area contributed by atoms with Gasteiger partial charge in [0.25, 0.3) is 0 Å². The molecule has 9 aromatic carbocycles. The Bertz CT molecular complexity index is 4300. The summed E-state index contributed by atoms with van der Waals surface area (Å²) in [6, 6.07) is 68.0. The largest absolute Gasteiger partial charge is 0.309 e. The van der Waals surface area contributed by atoms with E-state index < -0.39 is 0 Å². The first kappa shape index (κ1) is 43.8. The van der Waals surface area contributed by atoms with Gasteiger partial charge in [-0.1, -0.05) is 97.1 Å². The van der Waals surface area contributed by atoms with Gasteiger partial charge in [-0.15, -0.1) is 0 Å². The Hall–Kier alpha value is -11.5. The number of aromatic nitrogens is 5. The van der Waals surface area contributed by atoms with E-state index in [0.717, 1.165) is 65.9 Å². The molecule has 0 N–H and O–H groups in total. The average Bonchev–Trinajstić information content (AvgIpc) is 3.98. The van der Waals surface area contributed by atoms with Crippen molar-refractivity contribution in [1.29, 1.82) is 21.0 Å². The molecule has 0 aliphatic rings. The Morgan fingerprint density at radius 3 is 1.36 bits per heavy atom. The SMILES string of the molecule is [C-]#[N+]c1cc(C#N)cc(-c2ccc3c4ccccc4n(-c4ccc([N+]#[C-])cc4-c4nc(-c5ccccc5)nc(-c5cc(C#N)ccc5-n5c6ccccc6c6ccc(-c7cc(C#N)cc(C#N)c7)cc65)n4)c3c2)c1. The quantitative estimate of drug-likeness (QED) is 0.144. The molecule has 0 aliphatic heterocycles. The van der Waals surface area contributed by atoms with Crippen molar-refractivity contribution < 1.29 is 0 Å². The molecule has 12 rings (SSSR count). The summed E-state index contributed by atoms with van der Waals surface area (Å²) in [6.07, 6.45) is 0. The van der Waals surface area contributed by atoms with Crippen LogP contribution in [0.5, 0.6) is 0 Å². The Balaban J connectivity index is 1.13. The van der Waals surface area contributed by atoms with Crippen LogP contribution in [0.3, 0.4) is 0 Å². The molecule has 0 fully saturated rings. The zero-order chi connectivity index (χ0) is 50.5. The van der Waals surface area contributed by atoms with Crippen molar-refractivity contribution in [2.75, 3.05) is 0 Å². The van der Waals surface area contributed by atoms with Gasteiger partial charge in [0.15, 0.2) is 28.8 Å². The van der Waals surface area contributed by atoms with Crippen LogP contribution >= 0.6 is 0 Å². The molecule has 338 valence electrons. The minimum atomic E-state index is 0.278. The van der Waals surface area contributed by atoms with Crippen molar-refractivity contribution in [3.8, 4) is 92.1 Å². The van der Waals surface area contributed by atoms with Crippen molar-refractivity contribution in [3.63, 3.8) is 0 Å². The summed E-state index contributed by atoms with van der Waals surface area (Å²) in [7, 11) is 0. The summed E-state index contributed by atoms with van der Waals surface area (Å²) in [5.74, 6) is 0.925. The molecule has 74 heavy (non-hydrogen) atoms. The highest BCUT2D eigenvalue weighted by Crippen LogP contribution is 2.42. The minimum absolute atomic E-state index is 0.278. The van der Waals surface area contributed by atoms with Gasteiger partial charge in [-0.25, -0.2) is 24.6 Å². The molecule has 0 saturated carbocycles. The number of fused-ring (bicyclic) bond motifs is 6. The number of nitriles is 4. The highest BCUT2D eigenvalue weighted by Gasteiger charge is 2.24. The van der Waals surface area contributed by atoms with E-state index in [4.69, 9.17) is 28.1 Å². The van der Waals surface area contributed by atoms with Crippen LogP contribution in [-0.4, -0.2) is 24.1 Å². The fraction of sp³-hybridized carbons (Fsp3) is 0. The predicted molar refractivity (Wildman–Crippen MR) is 287 cm³/mol. The van der Waals surface area contributed by atoms with Gasteiger partial charge in [0.1, 0.15) is 0 Å². The lowest BCUT2D eigenvalue weighted by Crippen LogP contribution is -2.06. The topological polar surface area (TPSA) is 152 Å². The summed E-state index contributed by atoms with van der Waals surface area (Å²) >= 11 is 0. The van der Waals surface area contributed by atoms with Crippen LogP contribution in [-0.2, 0) is 0 Å². The van der Waals surface area contributed by atoms with E-state index in [2.05, 4.69) is 67.4 Å². The monoisotopic (exact) mass is 941 g/mol. The van der Waals surface area contributed by atoms with Gasteiger partial charge in [-0.2, -0.15) is 21.0 Å². The molecule has 0 saturated heterocycles. The second-order valence-corrected chi connectivity index (χ2v) is 17.5. The Labute approximate surface area is 423 Å². The lowest BCUT2D eigenvalue weighted by Gasteiger charge is -2.17. The van der Waals surface area contributed by atoms with Crippen LogP contribution in [0.1, 0.15) is 22.3 Å². The molecular formula is C63H31N11. The van der Waals surface area contributed by atoms with Crippen LogP contribution in [0.2, 0.25) is 0 Å². The maximum absolute atomic E-state index is 10.5. The molecular weight excluding hydrogens is 911 g/mol. The number of benzene rings is 9. The summed E-state index contributed by atoms with van der Waals surface area (Å²) in [5.41, 5.74) is 11.9. The molecule has 3 aromatic heterocycles. The zero-order valence-corrected chi connectivity index (χ0v) is 38.8. The summed E-state index contributed by atoms with van der Waals surface area (Å²) in [6.45, 7) is 15.9. The molecule has 12 aromatic rings. The fourth-order valence-corrected chi connectivity index (χ4v) is 9.93. The van der Waals surface area contributed by atoms with Gasteiger partial charge < -0.3 is 9.13 Å². The normalized spacial score (nSPS) is 10.9. The first-order chi connectivity index (χ1) is 36.4. The molecule has 11 heteroatoms. The zero-order valence-electron chi connectivity index (χ0n) is 38.8. The molecule has 0 radical (unpaired) electrons. The predicted octanol–water partition coefficient (Wildman–Crippen LogP) is 15.0. The third-order valence-electron chi connectivity index (χ3n) is 13.2. The van der Waals surface area contributed by atoms with E-state index in [1.54, 1.807) is 60.7 Å². The Kier molecular flexibility index (Phi) is 10.5. The van der Waals surface area contributed by atoms with Crippen molar-refractivity contribution in [2.24, 2.45) is 0 Å². The van der Waals surface area contributed by atoms with E-state index in [1.165, 1.54) is 0 Å². The van der Waals surface area contributed by atoms with Gasteiger partial charge >= 0.3 is 0 Å². The van der Waals surface area contributed by atoms with E-state index in [9.17, 15) is 21.0 Å². The lowest BCUT2D eigenvalue weighted by atomic mass is 9.99. The number of nitrogens with zero attached hydrogens (tertiary/aromatic N) is 11. The fourth-order valence-electron chi connectivity index (χ4n) is 9.93. The number of hydrogen-bond acceptors (Lipinski definition) is 7. The molecule has 0 amide bonds. The first-order valence-corrected chi connectivity index (χ1v) is 23.2. The first-order valence-electron chi connectivity index (χ1n) is 23.2. The maximum Gasteiger partial charge on any atom is 0.189 e. The highest BCUT2D eigenvalue weighted by atomic mass is 15.1. The molecule has 0 spiro atoms. The summed E-state index contributed by atoms with van der Waals surface area (Å²) < 4.78 is 4.26. The molecule has 0 aliphatic carbocycles. The summed E-state index contributed by atoms with van der Waals surface area (Å²) in [5, 5.41) is 44.0. The van der Waals surface area contributed by atoms with E-state index in [0.29, 0.717) is 67.5 Å². The van der Waals surface area contributed by atoms with Crippen molar-refractivity contribution in [3.05, 3.63) is 233 Å². The summed E-state index contributed by atoms with van der Waals surface area (Å²) in [4.78, 5) is 23.3. The smallest absolute Gasteiger partial charge is 0.189 e. The number of hydrogen-bond donors (Lipinski definition) is 0. The van der Waals surface area contributed by atoms with Gasteiger partial charge in [0, 0.05) is 43.8 Å². The van der Waals surface area contributed by atoms with E-state index in [1.807, 2.05) is 103 Å². The number of para-hydroxylation sites is 2. The average molecular weight is 942 g/mol. The van der Waals surface area contributed by atoms with Crippen LogP contribution in [0.15, 0.2) is 188 Å². The van der Waals surface area contributed by atoms with Gasteiger partial charge in [0.2, 0.25) is 0 Å². The van der Waals surface area contributed by atoms with E-state index in [-0.39, 0.29) is 11.6 Å². The van der Waals surface area contributed by atoms with Crippen LogP contribution < -0.4 is 0 Å². The second kappa shape index (κ2) is 17.8. The molecule has 11 nitrogen and oxygen atoms in total. The van der Waals surface area contributed by atoms with Gasteiger partial charge in [-0.05, 0) is 113 Å². The Morgan fingerprint density at radius 1 is 0.338 bits per heavy atom. The molecule has 0 unspecified atom stereocenters.